The highest BCUT2D eigenvalue weighted by Gasteiger charge is 2.20. The molecule has 1 aromatic rings. The lowest BCUT2D eigenvalue weighted by Gasteiger charge is -2.16. The molecule has 0 atom stereocenters. The number of benzene rings is 1. The molecular weight excluding hydrogens is 252 g/mol. The highest BCUT2D eigenvalue weighted by atomic mass is 16.2. The molecule has 1 N–H and O–H groups in total. The van der Waals surface area contributed by atoms with Crippen LogP contribution in [0.2, 0.25) is 0 Å². The molecule has 0 spiro atoms. The quantitative estimate of drug-likeness (QED) is 0.858. The summed E-state index contributed by atoms with van der Waals surface area (Å²) in [4.78, 5) is 25.7. The van der Waals surface area contributed by atoms with Gasteiger partial charge < -0.3 is 10.2 Å². The van der Waals surface area contributed by atoms with E-state index in [1.165, 1.54) is 0 Å². The second kappa shape index (κ2) is 6.55. The highest BCUT2D eigenvalue weighted by molar-refractivity contribution is 6.03. The largest absolute Gasteiger partial charge is 0.342 e. The summed E-state index contributed by atoms with van der Waals surface area (Å²) in [7, 11) is 0. The maximum absolute atomic E-state index is 12.0. The molecular formula is C16H22N2O2. The number of para-hydroxylation sites is 1. The topological polar surface area (TPSA) is 49.4 Å². The second-order valence-electron chi connectivity index (χ2n) is 5.55. The van der Waals surface area contributed by atoms with Crippen molar-refractivity contribution in [3.05, 3.63) is 29.8 Å². The first-order valence-electron chi connectivity index (χ1n) is 7.24. The zero-order valence-corrected chi connectivity index (χ0v) is 12.2. The van der Waals surface area contributed by atoms with Crippen molar-refractivity contribution < 1.29 is 9.59 Å². The number of hydrogen-bond donors (Lipinski definition) is 1. The van der Waals surface area contributed by atoms with Crippen molar-refractivity contribution in [1.82, 2.24) is 4.90 Å². The molecule has 4 heteroatoms. The minimum atomic E-state index is -0.227. The second-order valence-corrected chi connectivity index (χ2v) is 5.55. The van der Waals surface area contributed by atoms with E-state index in [1.54, 1.807) is 4.90 Å². The summed E-state index contributed by atoms with van der Waals surface area (Å²) in [5, 5.41) is 2.86. The first kappa shape index (κ1) is 14.6. The predicted molar refractivity (Wildman–Crippen MR) is 79.6 cm³/mol. The van der Waals surface area contributed by atoms with Crippen molar-refractivity contribution in [2.45, 2.75) is 39.0 Å². The van der Waals surface area contributed by atoms with Gasteiger partial charge in [-0.2, -0.15) is 0 Å². The van der Waals surface area contributed by atoms with Crippen LogP contribution in [-0.4, -0.2) is 29.8 Å². The number of likely N-dealkylation sites (tertiary alicyclic amines) is 1. The molecule has 0 radical (unpaired) electrons. The summed E-state index contributed by atoms with van der Waals surface area (Å²) in [5.74, 6) is 0.0396. The van der Waals surface area contributed by atoms with Crippen molar-refractivity contribution in [3.8, 4) is 0 Å². The third-order valence-electron chi connectivity index (χ3n) is 3.63. The molecule has 20 heavy (non-hydrogen) atoms. The molecule has 1 aromatic carbocycles. The molecule has 1 fully saturated rings. The van der Waals surface area contributed by atoms with Gasteiger partial charge in [0.25, 0.3) is 0 Å². The first-order valence-corrected chi connectivity index (χ1v) is 7.24. The Labute approximate surface area is 120 Å². The Kier molecular flexibility index (Phi) is 4.77. The third kappa shape index (κ3) is 3.59. The Bertz CT molecular complexity index is 491. The van der Waals surface area contributed by atoms with Crippen LogP contribution in [0.5, 0.6) is 0 Å². The minimum Gasteiger partial charge on any atom is -0.342 e. The summed E-state index contributed by atoms with van der Waals surface area (Å²) in [5.41, 5.74) is 1.90. The summed E-state index contributed by atoms with van der Waals surface area (Å²) in [6, 6.07) is 7.74. The average molecular weight is 274 g/mol. The van der Waals surface area contributed by atoms with E-state index in [-0.39, 0.29) is 18.2 Å². The Morgan fingerprint density at radius 3 is 2.50 bits per heavy atom. The first-order chi connectivity index (χ1) is 9.58. The molecule has 0 saturated carbocycles. The van der Waals surface area contributed by atoms with Gasteiger partial charge in [0.15, 0.2) is 0 Å². The van der Waals surface area contributed by atoms with Crippen molar-refractivity contribution >= 4 is 17.5 Å². The molecule has 4 nitrogen and oxygen atoms in total. The van der Waals surface area contributed by atoms with Gasteiger partial charge >= 0.3 is 0 Å². The summed E-state index contributed by atoms with van der Waals surface area (Å²) < 4.78 is 0. The third-order valence-corrected chi connectivity index (χ3v) is 3.63. The normalized spacial score (nSPS) is 14.7. The zero-order chi connectivity index (χ0) is 14.5. The Balaban J connectivity index is 1.96. The number of carbonyl (C=O) groups is 2. The Morgan fingerprint density at radius 2 is 1.85 bits per heavy atom. The molecule has 108 valence electrons. The van der Waals surface area contributed by atoms with Crippen LogP contribution < -0.4 is 5.32 Å². The van der Waals surface area contributed by atoms with E-state index in [0.717, 1.165) is 37.2 Å². The smallest absolute Gasteiger partial charge is 0.233 e. The van der Waals surface area contributed by atoms with Crippen LogP contribution in [0.1, 0.15) is 44.6 Å². The fraction of sp³-hybridized carbons (Fsp3) is 0.500. The molecule has 0 aromatic heterocycles. The maximum atomic E-state index is 12.0. The fourth-order valence-corrected chi connectivity index (χ4v) is 2.52. The number of amides is 2. The van der Waals surface area contributed by atoms with E-state index in [0.29, 0.717) is 5.92 Å². The van der Waals surface area contributed by atoms with Crippen LogP contribution in [0.4, 0.5) is 5.69 Å². The SMILES string of the molecule is CC(C)c1ccccc1NC(=O)CC(=O)N1CCCC1. The highest BCUT2D eigenvalue weighted by Crippen LogP contribution is 2.23. The van der Waals surface area contributed by atoms with Gasteiger partial charge in [-0.15, -0.1) is 0 Å². The van der Waals surface area contributed by atoms with E-state index in [1.807, 2.05) is 24.3 Å². The van der Waals surface area contributed by atoms with Gasteiger partial charge in [0, 0.05) is 18.8 Å². The lowest BCUT2D eigenvalue weighted by Crippen LogP contribution is -2.31. The maximum Gasteiger partial charge on any atom is 0.233 e. The van der Waals surface area contributed by atoms with Crippen LogP contribution in [0, 0.1) is 0 Å². The molecule has 2 amide bonds. The van der Waals surface area contributed by atoms with Crippen molar-refractivity contribution in [1.29, 1.82) is 0 Å². The Morgan fingerprint density at radius 1 is 1.20 bits per heavy atom. The van der Waals surface area contributed by atoms with Crippen LogP contribution >= 0.6 is 0 Å². The molecule has 1 heterocycles. The van der Waals surface area contributed by atoms with Gasteiger partial charge in [-0.3, -0.25) is 9.59 Å². The van der Waals surface area contributed by atoms with Gasteiger partial charge in [0.05, 0.1) is 0 Å². The molecule has 0 bridgehead atoms. The molecule has 1 saturated heterocycles. The molecule has 1 aliphatic heterocycles. The van der Waals surface area contributed by atoms with E-state index >= 15 is 0 Å². The molecule has 0 aliphatic carbocycles. The number of carbonyl (C=O) groups excluding carboxylic acids is 2. The predicted octanol–water partition coefficient (Wildman–Crippen LogP) is 2.76. The van der Waals surface area contributed by atoms with E-state index in [9.17, 15) is 9.59 Å². The van der Waals surface area contributed by atoms with E-state index < -0.39 is 0 Å². The summed E-state index contributed by atoms with van der Waals surface area (Å²) in [6.45, 7) is 5.74. The summed E-state index contributed by atoms with van der Waals surface area (Å²) in [6.07, 6.45) is 2.03. The van der Waals surface area contributed by atoms with Crippen LogP contribution in [0.3, 0.4) is 0 Å². The number of hydrogen-bond acceptors (Lipinski definition) is 2. The summed E-state index contributed by atoms with van der Waals surface area (Å²) >= 11 is 0. The average Bonchev–Trinajstić information content (AvgIpc) is 2.92. The molecule has 0 unspecified atom stereocenters. The Hall–Kier alpha value is -1.84. The van der Waals surface area contributed by atoms with Crippen LogP contribution in [0.15, 0.2) is 24.3 Å². The van der Waals surface area contributed by atoms with Crippen molar-refractivity contribution in [2.75, 3.05) is 18.4 Å². The number of rotatable bonds is 4. The minimum absolute atomic E-state index is 0.0631. The standard InChI is InChI=1S/C16H22N2O2/c1-12(2)13-7-3-4-8-14(13)17-15(19)11-16(20)18-9-5-6-10-18/h3-4,7-8,12H,5-6,9-11H2,1-2H3,(H,17,19). The van der Waals surface area contributed by atoms with Gasteiger partial charge in [-0.1, -0.05) is 32.0 Å². The lowest BCUT2D eigenvalue weighted by molar-refractivity contribution is -0.133. The van der Waals surface area contributed by atoms with Gasteiger partial charge in [-0.05, 0) is 30.4 Å². The van der Waals surface area contributed by atoms with Gasteiger partial charge in [-0.25, -0.2) is 0 Å². The zero-order valence-electron chi connectivity index (χ0n) is 12.2. The van der Waals surface area contributed by atoms with Crippen molar-refractivity contribution in [3.63, 3.8) is 0 Å². The van der Waals surface area contributed by atoms with Gasteiger partial charge in [0.1, 0.15) is 6.42 Å². The fourth-order valence-electron chi connectivity index (χ4n) is 2.52. The van der Waals surface area contributed by atoms with Crippen LogP contribution in [-0.2, 0) is 9.59 Å². The number of nitrogens with zero attached hydrogens (tertiary/aromatic N) is 1. The van der Waals surface area contributed by atoms with Crippen LogP contribution in [0.25, 0.3) is 0 Å². The van der Waals surface area contributed by atoms with Gasteiger partial charge in [0.2, 0.25) is 11.8 Å². The van der Waals surface area contributed by atoms with E-state index in [2.05, 4.69) is 19.2 Å². The molecule has 1 aliphatic rings. The van der Waals surface area contributed by atoms with Crippen molar-refractivity contribution in [2.24, 2.45) is 0 Å². The molecule has 2 rings (SSSR count). The van der Waals surface area contributed by atoms with E-state index in [4.69, 9.17) is 0 Å². The number of anilines is 1. The number of nitrogens with one attached hydrogen (secondary N) is 1. The monoisotopic (exact) mass is 274 g/mol. The lowest BCUT2D eigenvalue weighted by atomic mass is 10.0.